The Morgan fingerprint density at radius 2 is 0.478 bits per heavy atom. The molecule has 5 aliphatic heterocycles. The van der Waals surface area contributed by atoms with E-state index in [1.54, 1.807) is 0 Å². The Hall–Kier alpha value is -11.5. The molecule has 12 bridgehead atoms. The predicted octanol–water partition coefficient (Wildman–Crippen LogP) is 16.0. The lowest BCUT2D eigenvalue weighted by Gasteiger charge is -2.11. The number of fused-ring (bicyclic) bond motifs is 12. The van der Waals surface area contributed by atoms with Crippen molar-refractivity contribution in [3.8, 4) is 67.0 Å². The Morgan fingerprint density at radius 3 is 0.815 bits per heavy atom. The summed E-state index contributed by atoms with van der Waals surface area (Å²) in [7, 11) is 0. The molecule has 0 aliphatic carbocycles. The molecule has 5 aliphatic rings. The van der Waals surface area contributed by atoms with E-state index in [-0.39, 0.29) is 28.0 Å². The van der Waals surface area contributed by atoms with Crippen LogP contribution in [-0.4, -0.2) is 39.9 Å². The van der Waals surface area contributed by atoms with Crippen LogP contribution in [0.15, 0.2) is 60.9 Å². The fraction of sp³-hybridized carbons (Fsp3) is 0. The minimum Gasteiger partial charge on any atom is -0.354 e. The average molecular weight is 1280 g/mol. The number of aromatic amines is 2. The minimum atomic E-state index is -2.66. The summed E-state index contributed by atoms with van der Waals surface area (Å²) in [5, 5.41) is -1.33. The Labute approximate surface area is 497 Å². The van der Waals surface area contributed by atoms with Gasteiger partial charge in [-0.05, 0) is 96.5 Å². The number of nitrogens with one attached hydrogen (secondary N) is 2. The number of halogens is 20. The molecule has 2 N–H and O–H groups in total. The van der Waals surface area contributed by atoms with Gasteiger partial charge in [-0.2, -0.15) is 0 Å². The molecule has 0 radical (unpaired) electrons. The van der Waals surface area contributed by atoms with Crippen LogP contribution in [-0.2, 0) is 0 Å². The summed E-state index contributed by atoms with van der Waals surface area (Å²) in [6, 6.07) is 10.0. The SMILES string of the molecule is Fc1c(F)c(F)c(-c2c3nc(c(-c4c(F)c(F)c(F)c(F)c4F)c4[nH]c(c(-c5ccccn5)c5nc(c(-c6c(F)c(F)c(F)c(F)c6F)c6nc(c(-c7c(F)c(F)c(F)c(F)c7F)c7ccc([nH]7)c(-c7ccccn7)c7nc2C=C7)C=C6)C=C5)=C=C=4)C=C3)c(F)c1F. The first-order valence-corrected chi connectivity index (χ1v) is 25.9. The maximum atomic E-state index is 16.4. The summed E-state index contributed by atoms with van der Waals surface area (Å²) in [6.45, 7) is 0. The molecule has 8 nitrogen and oxygen atoms in total. The van der Waals surface area contributed by atoms with Crippen LogP contribution < -0.4 is 10.7 Å². The molecule has 0 unspecified atom stereocenters. The molecule has 0 atom stereocenters. The highest BCUT2D eigenvalue weighted by atomic mass is 19.2. The van der Waals surface area contributed by atoms with Crippen LogP contribution in [0.4, 0.5) is 87.8 Å². The van der Waals surface area contributed by atoms with Crippen LogP contribution in [0.5, 0.6) is 0 Å². The van der Waals surface area contributed by atoms with E-state index in [1.807, 2.05) is 0 Å². The van der Waals surface area contributed by atoms with Gasteiger partial charge >= 0.3 is 0 Å². The van der Waals surface area contributed by atoms with Crippen molar-refractivity contribution in [2.45, 2.75) is 0 Å². The summed E-state index contributed by atoms with van der Waals surface area (Å²) in [4.78, 5) is 31.2. The lowest BCUT2D eigenvalue weighted by atomic mass is 10.00. The highest BCUT2D eigenvalue weighted by molar-refractivity contribution is 5.98. The monoisotopic (exact) mass is 1280 g/mol. The fourth-order valence-electron chi connectivity index (χ4n) is 10.5. The molecule has 456 valence electrons. The van der Waals surface area contributed by atoms with Gasteiger partial charge in [-0.25, -0.2) is 108 Å². The number of pyridine rings is 2. The quantitative estimate of drug-likeness (QED) is 0.0975. The van der Waals surface area contributed by atoms with Gasteiger partial charge in [0.15, 0.2) is 93.1 Å². The molecule has 4 aromatic carbocycles. The second-order valence-corrected chi connectivity index (χ2v) is 19.7. The van der Waals surface area contributed by atoms with Crippen molar-refractivity contribution >= 4 is 71.1 Å². The molecule has 0 spiro atoms. The van der Waals surface area contributed by atoms with Gasteiger partial charge in [0.05, 0.1) is 90.3 Å². The van der Waals surface area contributed by atoms with E-state index in [9.17, 15) is 17.6 Å². The maximum absolute atomic E-state index is 16.4. The molecule has 0 fully saturated rings. The van der Waals surface area contributed by atoms with E-state index in [1.165, 1.54) is 48.8 Å². The minimum absolute atomic E-state index is 0.155. The Balaban J connectivity index is 1.29. The van der Waals surface area contributed by atoms with E-state index >= 15 is 70.2 Å². The highest BCUT2D eigenvalue weighted by Gasteiger charge is 2.36. The van der Waals surface area contributed by atoms with E-state index in [0.29, 0.717) is 0 Å². The zero-order valence-electron chi connectivity index (χ0n) is 44.6. The first-order valence-electron chi connectivity index (χ1n) is 25.9. The number of aromatic nitrogens is 8. The van der Waals surface area contributed by atoms with E-state index in [4.69, 9.17) is 0 Å². The van der Waals surface area contributed by atoms with Gasteiger partial charge < -0.3 is 9.97 Å². The van der Waals surface area contributed by atoms with Crippen LogP contribution in [0, 0.1) is 116 Å². The second kappa shape index (κ2) is 22.2. The molecular weight excluding hydrogens is 1260 g/mol. The van der Waals surface area contributed by atoms with Gasteiger partial charge in [-0.3, -0.25) is 9.97 Å². The van der Waals surface area contributed by atoms with Crippen LogP contribution in [0.2, 0.25) is 0 Å². The third-order valence-corrected chi connectivity index (χ3v) is 14.6. The van der Waals surface area contributed by atoms with Crippen LogP contribution >= 0.6 is 0 Å². The third kappa shape index (κ3) is 9.19. The molecule has 13 rings (SSSR count). The predicted molar refractivity (Wildman–Crippen MR) is 292 cm³/mol. The van der Waals surface area contributed by atoms with Gasteiger partial charge in [0.1, 0.15) is 10.7 Å². The van der Waals surface area contributed by atoms with Gasteiger partial charge in [0.25, 0.3) is 0 Å². The molecule has 0 amide bonds. The number of hydrogen-bond acceptors (Lipinski definition) is 6. The largest absolute Gasteiger partial charge is 0.354 e. The molecule has 92 heavy (non-hydrogen) atoms. The van der Waals surface area contributed by atoms with Crippen molar-refractivity contribution in [2.24, 2.45) is 0 Å². The number of H-pyrrole nitrogens is 2. The zero-order valence-corrected chi connectivity index (χ0v) is 44.6. The average Bonchev–Trinajstić information content (AvgIpc) is 1.45. The maximum Gasteiger partial charge on any atom is 0.200 e. The molecule has 28 heteroatoms. The molecule has 0 saturated carbocycles. The fourth-order valence-corrected chi connectivity index (χ4v) is 10.5. The summed E-state index contributed by atoms with van der Waals surface area (Å²) in [5.74, 6) is -51.1. The van der Waals surface area contributed by atoms with Gasteiger partial charge in [-0.1, -0.05) is 12.1 Å². The number of hydrogen-bond donors (Lipinski definition) is 2. The molecule has 4 aromatic heterocycles. The molecular formula is C64H20F20N8. The van der Waals surface area contributed by atoms with Gasteiger partial charge in [0.2, 0.25) is 23.3 Å². The van der Waals surface area contributed by atoms with E-state index in [0.717, 1.165) is 60.7 Å². The van der Waals surface area contributed by atoms with Crippen LogP contribution in [0.1, 0.15) is 45.6 Å². The summed E-state index contributed by atoms with van der Waals surface area (Å²) in [5.41, 5.74) is -14.6. The first kappa shape index (κ1) is 59.5. The number of nitrogens with zero attached hydrogens (tertiary/aromatic N) is 6. The van der Waals surface area contributed by atoms with Crippen molar-refractivity contribution in [1.29, 1.82) is 0 Å². The normalized spacial score (nSPS) is 12.4. The molecule has 9 heterocycles. The van der Waals surface area contributed by atoms with Gasteiger partial charge in [0, 0.05) is 45.7 Å². The summed E-state index contributed by atoms with van der Waals surface area (Å²) < 4.78 is 314. The van der Waals surface area contributed by atoms with Crippen molar-refractivity contribution in [3.05, 3.63) is 234 Å². The zero-order chi connectivity index (χ0) is 65.2. The Kier molecular flexibility index (Phi) is 14.4. The lowest BCUT2D eigenvalue weighted by Crippen LogP contribution is -2.19. The Morgan fingerprint density at radius 1 is 0.228 bits per heavy atom. The van der Waals surface area contributed by atoms with Crippen LogP contribution in [0.3, 0.4) is 0 Å². The number of rotatable bonds is 6. The second-order valence-electron chi connectivity index (χ2n) is 19.7. The van der Waals surface area contributed by atoms with Crippen LogP contribution in [0.25, 0.3) is 138 Å². The van der Waals surface area contributed by atoms with Crippen molar-refractivity contribution in [3.63, 3.8) is 0 Å². The highest BCUT2D eigenvalue weighted by Crippen LogP contribution is 2.44. The molecule has 0 saturated heterocycles. The van der Waals surface area contributed by atoms with Gasteiger partial charge in [-0.15, -0.1) is 0 Å². The Bertz CT molecular complexity index is 5250. The van der Waals surface area contributed by atoms with E-state index in [2.05, 4.69) is 51.3 Å². The van der Waals surface area contributed by atoms with E-state index < -0.39 is 223 Å². The first-order chi connectivity index (χ1) is 44.0. The third-order valence-electron chi connectivity index (χ3n) is 14.6. The van der Waals surface area contributed by atoms with Crippen molar-refractivity contribution < 1.29 is 87.8 Å². The molecule has 8 aromatic rings. The summed E-state index contributed by atoms with van der Waals surface area (Å²) in [6.07, 6.45) is 9.20. The smallest absolute Gasteiger partial charge is 0.200 e. The summed E-state index contributed by atoms with van der Waals surface area (Å²) >= 11 is 0. The standard InChI is InChI=1S/C64H20F20N8/c65-45-41(46(66)54(74)61(81)53(45)73)37-27-11-7-23(87-27)35(21-5-1-3-19-85-21)24-8-12-28(88-24)38(42-47(67)55(75)62(82)56(76)48(42)68)32-16-18-34(92-32)40(44-51(71)59(79)64(84)60(80)52(44)72)30-14-10-26(90-30)36(22-6-2-4-20-86-22)25-9-13-29(89-25)39(33-17-15-31(37)91-33)43-49(69)57(77)63(83)58(78)50(43)70/h1-9,11-13,15-20,87,90H. The van der Waals surface area contributed by atoms with Crippen molar-refractivity contribution in [2.75, 3.05) is 0 Å². The lowest BCUT2D eigenvalue weighted by molar-refractivity contribution is 0.381. The topological polar surface area (TPSA) is 109 Å². The van der Waals surface area contributed by atoms with Crippen molar-refractivity contribution in [1.82, 2.24) is 39.9 Å². The number of benzene rings is 4.